The predicted molar refractivity (Wildman–Crippen MR) is 77.9 cm³/mol. The molecule has 0 bridgehead atoms. The van der Waals surface area contributed by atoms with Gasteiger partial charge < -0.3 is 9.47 Å². The zero-order chi connectivity index (χ0) is 14.0. The number of carbonyl (C=O) groups is 1. The number of aromatic nitrogens is 2. The van der Waals surface area contributed by atoms with Gasteiger partial charge in [-0.15, -0.1) is 0 Å². The van der Waals surface area contributed by atoms with Crippen LogP contribution in [-0.4, -0.2) is 27.4 Å². The second kappa shape index (κ2) is 5.57. The van der Waals surface area contributed by atoms with Crippen LogP contribution >= 0.6 is 15.9 Å². The molecule has 100 valence electrons. The van der Waals surface area contributed by atoms with E-state index in [2.05, 4.69) is 20.9 Å². The highest BCUT2D eigenvalue weighted by Gasteiger charge is 2.16. The SMILES string of the molecule is Cc1cccc(CN(C)C(=O)c2cc(Br)cn2C)n1. The molecule has 2 heterocycles. The Morgan fingerprint density at radius 3 is 2.79 bits per heavy atom. The lowest BCUT2D eigenvalue weighted by Gasteiger charge is -2.17. The summed E-state index contributed by atoms with van der Waals surface area (Å²) in [4.78, 5) is 18.4. The monoisotopic (exact) mass is 321 g/mol. The highest BCUT2D eigenvalue weighted by Crippen LogP contribution is 2.15. The molecule has 0 aliphatic rings. The number of amides is 1. The van der Waals surface area contributed by atoms with E-state index >= 15 is 0 Å². The van der Waals surface area contributed by atoms with Gasteiger partial charge in [0.1, 0.15) is 5.69 Å². The molecule has 0 atom stereocenters. The molecule has 0 fully saturated rings. The maximum absolute atomic E-state index is 12.3. The van der Waals surface area contributed by atoms with Crippen LogP contribution in [0.2, 0.25) is 0 Å². The van der Waals surface area contributed by atoms with Gasteiger partial charge in [0.25, 0.3) is 5.91 Å². The van der Waals surface area contributed by atoms with E-state index in [4.69, 9.17) is 0 Å². The second-order valence-electron chi connectivity index (χ2n) is 4.59. The normalized spacial score (nSPS) is 10.5. The van der Waals surface area contributed by atoms with Crippen LogP contribution in [0.1, 0.15) is 21.9 Å². The fourth-order valence-corrected chi connectivity index (χ4v) is 2.46. The van der Waals surface area contributed by atoms with E-state index in [1.807, 2.05) is 49.0 Å². The molecular weight excluding hydrogens is 306 g/mol. The van der Waals surface area contributed by atoms with Crippen molar-refractivity contribution in [3.05, 3.63) is 52.0 Å². The maximum Gasteiger partial charge on any atom is 0.270 e. The number of hydrogen-bond acceptors (Lipinski definition) is 2. The third-order valence-corrected chi connectivity index (χ3v) is 3.32. The van der Waals surface area contributed by atoms with E-state index in [9.17, 15) is 4.79 Å². The summed E-state index contributed by atoms with van der Waals surface area (Å²) >= 11 is 3.37. The molecule has 0 saturated heterocycles. The fraction of sp³-hybridized carbons (Fsp3) is 0.286. The van der Waals surface area contributed by atoms with Crippen LogP contribution < -0.4 is 0 Å². The zero-order valence-electron chi connectivity index (χ0n) is 11.2. The van der Waals surface area contributed by atoms with Crippen LogP contribution in [0.3, 0.4) is 0 Å². The first-order valence-electron chi connectivity index (χ1n) is 5.97. The van der Waals surface area contributed by atoms with Crippen molar-refractivity contribution >= 4 is 21.8 Å². The summed E-state index contributed by atoms with van der Waals surface area (Å²) in [5, 5.41) is 0. The largest absolute Gasteiger partial charge is 0.345 e. The molecule has 0 saturated carbocycles. The van der Waals surface area contributed by atoms with Gasteiger partial charge in [-0.2, -0.15) is 0 Å². The minimum absolute atomic E-state index is 0.0171. The van der Waals surface area contributed by atoms with Gasteiger partial charge in [0.2, 0.25) is 0 Å². The highest BCUT2D eigenvalue weighted by atomic mass is 79.9. The topological polar surface area (TPSA) is 38.1 Å². The molecule has 4 nitrogen and oxygen atoms in total. The van der Waals surface area contributed by atoms with E-state index in [1.165, 1.54) is 0 Å². The van der Waals surface area contributed by atoms with Gasteiger partial charge in [0.15, 0.2) is 0 Å². The molecule has 2 aromatic rings. The molecule has 0 aromatic carbocycles. The van der Waals surface area contributed by atoms with Crippen LogP contribution in [0, 0.1) is 6.92 Å². The molecule has 0 N–H and O–H groups in total. The summed E-state index contributed by atoms with van der Waals surface area (Å²) in [6.07, 6.45) is 1.87. The predicted octanol–water partition coefficient (Wildman–Crippen LogP) is 2.76. The molecule has 0 aliphatic carbocycles. The average molecular weight is 322 g/mol. The van der Waals surface area contributed by atoms with Gasteiger partial charge in [-0.05, 0) is 41.1 Å². The van der Waals surface area contributed by atoms with Gasteiger partial charge in [0.05, 0.1) is 12.2 Å². The number of pyridine rings is 1. The van der Waals surface area contributed by atoms with Gasteiger partial charge in [-0.3, -0.25) is 9.78 Å². The van der Waals surface area contributed by atoms with Crippen LogP contribution in [-0.2, 0) is 13.6 Å². The summed E-state index contributed by atoms with van der Waals surface area (Å²) in [6, 6.07) is 7.65. The lowest BCUT2D eigenvalue weighted by atomic mass is 10.3. The van der Waals surface area contributed by atoms with Crippen molar-refractivity contribution in [2.75, 3.05) is 7.05 Å². The van der Waals surface area contributed by atoms with E-state index in [1.54, 1.807) is 11.9 Å². The molecule has 0 unspecified atom stereocenters. The summed E-state index contributed by atoms with van der Waals surface area (Å²) in [6.45, 7) is 2.45. The Morgan fingerprint density at radius 1 is 1.47 bits per heavy atom. The Kier molecular flexibility index (Phi) is 4.04. The summed E-state index contributed by atoms with van der Waals surface area (Å²) < 4.78 is 2.72. The molecule has 1 amide bonds. The third-order valence-electron chi connectivity index (χ3n) is 2.88. The minimum atomic E-state index is -0.0171. The Balaban J connectivity index is 2.14. The lowest BCUT2D eigenvalue weighted by Crippen LogP contribution is -2.28. The highest BCUT2D eigenvalue weighted by molar-refractivity contribution is 9.10. The van der Waals surface area contributed by atoms with Gasteiger partial charge in [0, 0.05) is 30.5 Å². The molecule has 19 heavy (non-hydrogen) atoms. The van der Waals surface area contributed by atoms with Crippen LogP contribution in [0.5, 0.6) is 0 Å². The number of halogens is 1. The minimum Gasteiger partial charge on any atom is -0.345 e. The van der Waals surface area contributed by atoms with Crippen molar-refractivity contribution in [3.8, 4) is 0 Å². The van der Waals surface area contributed by atoms with Gasteiger partial charge in [-0.25, -0.2) is 0 Å². The third kappa shape index (κ3) is 3.23. The maximum atomic E-state index is 12.3. The second-order valence-corrected chi connectivity index (χ2v) is 5.50. The molecule has 0 aliphatic heterocycles. The lowest BCUT2D eigenvalue weighted by molar-refractivity contribution is 0.0774. The Labute approximate surface area is 121 Å². The van der Waals surface area contributed by atoms with Crippen molar-refractivity contribution in [1.82, 2.24) is 14.5 Å². The number of carbonyl (C=O) groups excluding carboxylic acids is 1. The summed E-state index contributed by atoms with van der Waals surface area (Å²) in [7, 11) is 3.64. The quantitative estimate of drug-likeness (QED) is 0.871. The standard InChI is InChI=1S/C14H16BrN3O/c1-10-5-4-6-12(16-10)9-18(3)14(19)13-7-11(15)8-17(13)2/h4-8H,9H2,1-3H3. The van der Waals surface area contributed by atoms with Crippen molar-refractivity contribution in [2.24, 2.45) is 7.05 Å². The number of hydrogen-bond donors (Lipinski definition) is 0. The Bertz CT molecular complexity index is 606. The Morgan fingerprint density at radius 2 is 2.21 bits per heavy atom. The van der Waals surface area contributed by atoms with E-state index in [-0.39, 0.29) is 5.91 Å². The first-order valence-corrected chi connectivity index (χ1v) is 6.76. The van der Waals surface area contributed by atoms with Crippen LogP contribution in [0.25, 0.3) is 0 Å². The summed E-state index contributed by atoms with van der Waals surface area (Å²) in [5.74, 6) is -0.0171. The number of aryl methyl sites for hydroxylation is 2. The van der Waals surface area contributed by atoms with E-state index in [0.29, 0.717) is 12.2 Å². The molecule has 2 aromatic heterocycles. The number of rotatable bonds is 3. The Hall–Kier alpha value is -1.62. The molecule has 0 spiro atoms. The molecule has 5 heteroatoms. The molecule has 2 rings (SSSR count). The average Bonchev–Trinajstić information content (AvgIpc) is 2.67. The van der Waals surface area contributed by atoms with Crippen molar-refractivity contribution in [3.63, 3.8) is 0 Å². The van der Waals surface area contributed by atoms with Crippen molar-refractivity contribution in [1.29, 1.82) is 0 Å². The molecular formula is C14H16BrN3O. The smallest absolute Gasteiger partial charge is 0.270 e. The van der Waals surface area contributed by atoms with Gasteiger partial charge >= 0.3 is 0 Å². The number of nitrogens with zero attached hydrogens (tertiary/aromatic N) is 3. The van der Waals surface area contributed by atoms with Crippen molar-refractivity contribution in [2.45, 2.75) is 13.5 Å². The first kappa shape index (κ1) is 13.8. The summed E-state index contributed by atoms with van der Waals surface area (Å²) in [5.41, 5.74) is 2.51. The first-order chi connectivity index (χ1) is 8.97. The van der Waals surface area contributed by atoms with Crippen molar-refractivity contribution < 1.29 is 4.79 Å². The van der Waals surface area contributed by atoms with Crippen LogP contribution in [0.15, 0.2) is 34.9 Å². The van der Waals surface area contributed by atoms with Crippen LogP contribution in [0.4, 0.5) is 0 Å². The fourth-order valence-electron chi connectivity index (χ4n) is 1.93. The molecule has 0 radical (unpaired) electrons. The van der Waals surface area contributed by atoms with E-state index < -0.39 is 0 Å². The zero-order valence-corrected chi connectivity index (χ0v) is 12.8. The van der Waals surface area contributed by atoms with E-state index in [0.717, 1.165) is 15.9 Å². The van der Waals surface area contributed by atoms with Gasteiger partial charge in [-0.1, -0.05) is 6.07 Å².